The van der Waals surface area contributed by atoms with Gasteiger partial charge in [0.1, 0.15) is 17.7 Å². The number of allylic oxidation sites excluding steroid dienone is 1. The number of amidine groups is 1. The number of carbonyl (C=O) groups is 1. The number of ether oxygens (including phenoxy) is 1. The Morgan fingerprint density at radius 1 is 1.02 bits per heavy atom. The number of rotatable bonds is 8. The fraction of sp³-hybridized carbons (Fsp3) is 0.568. The molecule has 2 saturated heterocycles. The Bertz CT molecular complexity index is 1650. The molecule has 2 amide bonds. The molecule has 2 aliphatic heterocycles. The van der Waals surface area contributed by atoms with Gasteiger partial charge in [-0.3, -0.25) is 19.6 Å². The molecule has 3 aromatic rings. The van der Waals surface area contributed by atoms with Crippen molar-refractivity contribution in [3.8, 4) is 5.75 Å². The summed E-state index contributed by atoms with van der Waals surface area (Å²) in [5.74, 6) is 2.11. The van der Waals surface area contributed by atoms with Crippen LogP contribution in [0.25, 0.3) is 5.65 Å². The Balaban J connectivity index is 1.13. The van der Waals surface area contributed by atoms with Gasteiger partial charge >= 0.3 is 6.03 Å². The second kappa shape index (κ2) is 15.2. The Morgan fingerprint density at radius 2 is 1.80 bits per heavy atom. The van der Waals surface area contributed by atoms with Gasteiger partial charge in [0, 0.05) is 56.4 Å². The van der Waals surface area contributed by atoms with Crippen LogP contribution in [0.3, 0.4) is 0 Å². The minimum atomic E-state index is -0.298. The standard InChI is InChI=1S/C37H54N10O2/c1-26-10-8-9-18-46(26)36-43-42-34-16-13-27(25-47(34)36)49-31-15-14-30(28-11-6-7-12-29(28)31)40-35(48)41-33(24-32(38)37(2,3)4)39-17-19-45-22-20-44(5)21-23-45/h6-7,11-13,16,24-26,30-31H,8-10,14-15,17-23,38H2,1-5H3,(H2,39,40,41,48)/b32-24-/t26-,30-,31+/m0/s1. The van der Waals surface area contributed by atoms with E-state index < -0.39 is 0 Å². The zero-order valence-electron chi connectivity index (χ0n) is 29.9. The van der Waals surface area contributed by atoms with E-state index in [9.17, 15) is 4.79 Å². The Labute approximate surface area is 290 Å². The SMILES string of the molecule is C[C@H]1CCCCN1c1nnc2ccc(O[C@@H]3CC[C@H](NC(=O)NC(/C=C(\N)C(C)(C)C)=NCCN4CCN(C)CC4)c4ccccc43)cn12. The predicted molar refractivity (Wildman–Crippen MR) is 195 cm³/mol. The van der Waals surface area contributed by atoms with Crippen LogP contribution >= 0.6 is 0 Å². The number of benzene rings is 1. The van der Waals surface area contributed by atoms with Crippen LogP contribution in [0.15, 0.2) is 59.4 Å². The molecule has 4 N–H and O–H groups in total. The van der Waals surface area contributed by atoms with Gasteiger partial charge < -0.3 is 25.6 Å². The van der Waals surface area contributed by atoms with E-state index in [4.69, 9.17) is 15.5 Å². The number of nitrogens with one attached hydrogen (secondary N) is 2. The average molecular weight is 671 g/mol. The van der Waals surface area contributed by atoms with Crippen LogP contribution < -0.4 is 26.0 Å². The van der Waals surface area contributed by atoms with Crippen LogP contribution in [0.2, 0.25) is 0 Å². The smallest absolute Gasteiger partial charge is 0.320 e. The summed E-state index contributed by atoms with van der Waals surface area (Å²) in [6.07, 6.45) is 8.70. The van der Waals surface area contributed by atoms with Crippen molar-refractivity contribution >= 4 is 23.5 Å². The third-order valence-electron chi connectivity index (χ3n) is 10.1. The van der Waals surface area contributed by atoms with Gasteiger partial charge in [-0.05, 0) is 75.4 Å². The normalized spacial score (nSPS) is 23.0. The van der Waals surface area contributed by atoms with Gasteiger partial charge in [-0.2, -0.15) is 0 Å². The van der Waals surface area contributed by atoms with Crippen LogP contribution in [0.4, 0.5) is 10.7 Å². The van der Waals surface area contributed by atoms with Gasteiger partial charge in [0.05, 0.1) is 18.8 Å². The van der Waals surface area contributed by atoms with Crippen LogP contribution in [-0.4, -0.2) is 95.2 Å². The first-order chi connectivity index (χ1) is 23.5. The number of carbonyl (C=O) groups excluding carboxylic acids is 1. The monoisotopic (exact) mass is 670 g/mol. The minimum absolute atomic E-state index is 0.148. The second-order valence-corrected chi connectivity index (χ2v) is 14.9. The van der Waals surface area contributed by atoms with Gasteiger partial charge in [0.25, 0.3) is 0 Å². The van der Waals surface area contributed by atoms with Crippen molar-refractivity contribution in [3.05, 3.63) is 65.5 Å². The van der Waals surface area contributed by atoms with Gasteiger partial charge in [-0.15, -0.1) is 10.2 Å². The van der Waals surface area contributed by atoms with E-state index in [0.29, 0.717) is 24.1 Å². The molecule has 2 fully saturated rings. The number of anilines is 1. The van der Waals surface area contributed by atoms with E-state index in [2.05, 4.69) is 82.4 Å². The largest absolute Gasteiger partial charge is 0.484 e. The third-order valence-corrected chi connectivity index (χ3v) is 10.1. The number of hydrogen-bond donors (Lipinski definition) is 3. The molecule has 12 heteroatoms. The van der Waals surface area contributed by atoms with Crippen LogP contribution in [0.1, 0.15) is 83.1 Å². The summed E-state index contributed by atoms with van der Waals surface area (Å²) in [6.45, 7) is 15.0. The molecule has 1 aliphatic carbocycles. The Morgan fingerprint density at radius 3 is 2.55 bits per heavy atom. The van der Waals surface area contributed by atoms with Crippen molar-refractivity contribution in [1.29, 1.82) is 0 Å². The van der Waals surface area contributed by atoms with Gasteiger partial charge in [-0.1, -0.05) is 45.0 Å². The number of fused-ring (bicyclic) bond motifs is 2. The number of urea groups is 1. The van der Waals surface area contributed by atoms with E-state index in [1.807, 2.05) is 34.9 Å². The summed E-state index contributed by atoms with van der Waals surface area (Å²) in [4.78, 5) is 25.4. The number of likely N-dealkylation sites (N-methyl/N-ethyl adjacent to an activating group) is 1. The zero-order valence-corrected chi connectivity index (χ0v) is 29.9. The molecule has 6 rings (SSSR count). The molecule has 12 nitrogen and oxygen atoms in total. The lowest BCUT2D eigenvalue weighted by Crippen LogP contribution is -2.45. The summed E-state index contributed by atoms with van der Waals surface area (Å²) in [6, 6.07) is 12.1. The number of aromatic nitrogens is 3. The Hall–Kier alpha value is -4.16. The van der Waals surface area contributed by atoms with Crippen molar-refractivity contribution < 1.29 is 9.53 Å². The topological polar surface area (TPSA) is 129 Å². The molecule has 1 aromatic carbocycles. The number of nitrogens with two attached hydrogens (primary N) is 1. The number of piperazine rings is 1. The molecule has 0 unspecified atom stereocenters. The highest BCUT2D eigenvalue weighted by atomic mass is 16.5. The van der Waals surface area contributed by atoms with E-state index in [0.717, 1.165) is 93.4 Å². The first kappa shape index (κ1) is 34.7. The quantitative estimate of drug-likeness (QED) is 0.228. The molecule has 0 spiro atoms. The lowest BCUT2D eigenvalue weighted by molar-refractivity contribution is 0.157. The molecule has 3 aliphatic rings. The zero-order chi connectivity index (χ0) is 34.5. The number of aliphatic imine (C=N–C) groups is 1. The van der Waals surface area contributed by atoms with Crippen LogP contribution in [-0.2, 0) is 0 Å². The summed E-state index contributed by atoms with van der Waals surface area (Å²) in [5, 5.41) is 15.2. The van der Waals surface area contributed by atoms with Crippen LogP contribution in [0, 0.1) is 5.41 Å². The van der Waals surface area contributed by atoms with Crippen molar-refractivity contribution in [2.45, 2.75) is 78.0 Å². The molecule has 264 valence electrons. The molecule has 49 heavy (non-hydrogen) atoms. The van der Waals surface area contributed by atoms with Crippen molar-refractivity contribution in [2.75, 3.05) is 57.8 Å². The number of piperidine rings is 1. The molecule has 0 radical (unpaired) electrons. The van der Waals surface area contributed by atoms with E-state index in [-0.39, 0.29) is 23.6 Å². The molecule has 3 atom stereocenters. The first-order valence-electron chi connectivity index (χ1n) is 17.9. The highest BCUT2D eigenvalue weighted by Gasteiger charge is 2.30. The second-order valence-electron chi connectivity index (χ2n) is 14.9. The average Bonchev–Trinajstić information content (AvgIpc) is 3.49. The van der Waals surface area contributed by atoms with Gasteiger partial charge in [-0.25, -0.2) is 4.79 Å². The third kappa shape index (κ3) is 8.53. The predicted octanol–water partition coefficient (Wildman–Crippen LogP) is 4.90. The van der Waals surface area contributed by atoms with Gasteiger partial charge in [0.2, 0.25) is 5.95 Å². The molecular weight excluding hydrogens is 616 g/mol. The fourth-order valence-electron chi connectivity index (χ4n) is 6.89. The van der Waals surface area contributed by atoms with E-state index >= 15 is 0 Å². The summed E-state index contributed by atoms with van der Waals surface area (Å²) >= 11 is 0. The minimum Gasteiger partial charge on any atom is -0.484 e. The molecular formula is C37H54N10O2. The highest BCUT2D eigenvalue weighted by Crippen LogP contribution is 2.39. The molecule has 4 heterocycles. The van der Waals surface area contributed by atoms with Crippen molar-refractivity contribution in [1.82, 2.24) is 35.0 Å². The summed E-state index contributed by atoms with van der Waals surface area (Å²) in [7, 11) is 2.15. The number of amides is 2. The maximum atomic E-state index is 13.5. The summed E-state index contributed by atoms with van der Waals surface area (Å²) < 4.78 is 8.70. The van der Waals surface area contributed by atoms with Gasteiger partial charge in [0.15, 0.2) is 5.65 Å². The Kier molecular flexibility index (Phi) is 10.7. The highest BCUT2D eigenvalue weighted by molar-refractivity contribution is 6.04. The maximum Gasteiger partial charge on any atom is 0.320 e. The van der Waals surface area contributed by atoms with Crippen molar-refractivity contribution in [3.63, 3.8) is 0 Å². The van der Waals surface area contributed by atoms with E-state index in [1.165, 1.54) is 6.42 Å². The number of pyridine rings is 1. The van der Waals surface area contributed by atoms with Crippen LogP contribution in [0.5, 0.6) is 5.75 Å². The first-order valence-corrected chi connectivity index (χ1v) is 17.9. The molecule has 0 saturated carbocycles. The number of nitrogens with zero attached hydrogens (tertiary/aromatic N) is 7. The molecule has 2 aromatic heterocycles. The maximum absolute atomic E-state index is 13.5. The summed E-state index contributed by atoms with van der Waals surface area (Å²) in [5.41, 5.74) is 9.78. The molecule has 0 bridgehead atoms. The lowest BCUT2D eigenvalue weighted by Gasteiger charge is -2.33. The fourth-order valence-corrected chi connectivity index (χ4v) is 6.89. The van der Waals surface area contributed by atoms with Crippen molar-refractivity contribution in [2.24, 2.45) is 16.1 Å². The number of hydrogen-bond acceptors (Lipinski definition) is 9. The van der Waals surface area contributed by atoms with E-state index in [1.54, 1.807) is 6.08 Å². The lowest BCUT2D eigenvalue weighted by atomic mass is 9.85.